The number of esters is 3. The van der Waals surface area contributed by atoms with Gasteiger partial charge in [-0.3, -0.25) is 14.4 Å². The van der Waals surface area contributed by atoms with E-state index in [0.29, 0.717) is 18.4 Å². The Kier molecular flexibility index (Phi) is 13.5. The number of rotatable bonds is 13. The van der Waals surface area contributed by atoms with E-state index in [1.54, 1.807) is 126 Å². The van der Waals surface area contributed by atoms with Gasteiger partial charge in [0.2, 0.25) is 6.10 Å². The topological polar surface area (TPSA) is 199 Å². The van der Waals surface area contributed by atoms with Gasteiger partial charge in [0.15, 0.2) is 17.4 Å². The van der Waals surface area contributed by atoms with E-state index in [2.05, 4.69) is 10.5 Å². The van der Waals surface area contributed by atoms with Gasteiger partial charge in [-0.05, 0) is 66.7 Å². The first-order chi connectivity index (χ1) is 31.0. The standard InChI is InChI=1S/C50H56N2O13/c1-8-24-60-47(58)64-41(39(31-18-12-9-13-19-31)51-44(55)32-20-14-10-15-21-32)46(57)63-36-26-50(52-59)43(65-45(56)33-22-16-11-17-23-33)38-34-27-61-35(34)25-28(2)49(38,7)42(54)40(62-30(4)53)37(29(36)3)48(50,5)6/h9-23,28,34-36,38-41,43H,8,24-27H2,1-7H3,(H,51,55)/t28?,34?,35?,36-,38?,39-,40?,41+,43?,49?,50?/m0/s1. The number of amides is 1. The maximum absolute atomic E-state index is 15.6. The minimum Gasteiger partial charge on any atom is -0.456 e. The van der Waals surface area contributed by atoms with E-state index in [-0.39, 0.29) is 53.9 Å². The van der Waals surface area contributed by atoms with Crippen molar-refractivity contribution in [3.8, 4) is 0 Å². The second-order valence-electron chi connectivity index (χ2n) is 18.3. The summed E-state index contributed by atoms with van der Waals surface area (Å²) in [5, 5.41) is 6.76. The van der Waals surface area contributed by atoms with Gasteiger partial charge in [-0.2, -0.15) is 4.91 Å². The van der Waals surface area contributed by atoms with Crippen LogP contribution in [0.25, 0.3) is 0 Å². The molecule has 0 spiro atoms. The van der Waals surface area contributed by atoms with Crippen molar-refractivity contribution in [3.63, 3.8) is 0 Å². The molecule has 3 aromatic rings. The van der Waals surface area contributed by atoms with Crippen LogP contribution in [0.3, 0.4) is 0 Å². The molecule has 3 aliphatic carbocycles. The van der Waals surface area contributed by atoms with Gasteiger partial charge in [0, 0.05) is 41.6 Å². The lowest BCUT2D eigenvalue weighted by Crippen LogP contribution is -2.73. The molecule has 8 unspecified atom stereocenters. The quantitative estimate of drug-likeness (QED) is 0.0760. The molecule has 15 heteroatoms. The molecule has 1 aliphatic heterocycles. The lowest BCUT2D eigenvalue weighted by molar-refractivity contribution is -0.243. The van der Waals surface area contributed by atoms with Crippen LogP contribution in [0.2, 0.25) is 0 Å². The van der Waals surface area contributed by atoms with Gasteiger partial charge in [-0.1, -0.05) is 107 Å². The monoisotopic (exact) mass is 892 g/mol. The number of nitrogens with zero attached hydrogens (tertiary/aromatic N) is 1. The number of Topliss-reactive ketones (excluding diaryl/α,β-unsaturated/α-hetero) is 1. The number of ether oxygens (including phenoxy) is 6. The van der Waals surface area contributed by atoms with Crippen LogP contribution in [0.4, 0.5) is 4.79 Å². The van der Waals surface area contributed by atoms with Crippen molar-refractivity contribution in [2.45, 2.75) is 110 Å². The van der Waals surface area contributed by atoms with Gasteiger partial charge in [-0.15, -0.1) is 0 Å². The zero-order valence-electron chi connectivity index (χ0n) is 37.6. The summed E-state index contributed by atoms with van der Waals surface area (Å²) >= 11 is 0. The van der Waals surface area contributed by atoms with Crippen molar-refractivity contribution in [2.75, 3.05) is 13.2 Å². The fourth-order valence-corrected chi connectivity index (χ4v) is 10.7. The highest BCUT2D eigenvalue weighted by Gasteiger charge is 2.73. The minimum atomic E-state index is -2.00. The number of benzene rings is 3. The summed E-state index contributed by atoms with van der Waals surface area (Å²) in [5.41, 5.74) is -3.63. The fourth-order valence-electron chi connectivity index (χ4n) is 10.7. The van der Waals surface area contributed by atoms with Gasteiger partial charge < -0.3 is 33.7 Å². The molecular formula is C50H56N2O13. The van der Waals surface area contributed by atoms with Gasteiger partial charge in [0.25, 0.3) is 5.91 Å². The lowest BCUT2D eigenvalue weighted by atomic mass is 9.44. The molecule has 344 valence electrons. The van der Waals surface area contributed by atoms with Crippen LogP contribution < -0.4 is 5.32 Å². The second-order valence-corrected chi connectivity index (χ2v) is 18.3. The summed E-state index contributed by atoms with van der Waals surface area (Å²) in [5.74, 6) is -5.46. The zero-order chi connectivity index (χ0) is 46.8. The molecule has 2 bridgehead atoms. The molecular weight excluding hydrogens is 837 g/mol. The van der Waals surface area contributed by atoms with E-state index in [0.717, 1.165) is 0 Å². The van der Waals surface area contributed by atoms with E-state index in [9.17, 15) is 24.1 Å². The van der Waals surface area contributed by atoms with Crippen LogP contribution >= 0.6 is 0 Å². The molecule has 1 amide bonds. The van der Waals surface area contributed by atoms with Crippen LogP contribution in [0.15, 0.2) is 107 Å². The van der Waals surface area contributed by atoms with E-state index in [1.165, 1.54) is 6.92 Å². The third-order valence-corrected chi connectivity index (χ3v) is 14.3. The Morgan fingerprint density at radius 1 is 0.877 bits per heavy atom. The molecule has 15 nitrogen and oxygen atoms in total. The number of ketones is 1. The van der Waals surface area contributed by atoms with Crippen LogP contribution in [0.1, 0.15) is 100 Å². The summed E-state index contributed by atoms with van der Waals surface area (Å²) in [7, 11) is 0. The SMILES string of the molecule is CCCOC(=O)O[C@@H](C(=O)O[C@H]1CC2(N=O)C(OC(=O)c3ccccc3)C3C4COC4CC(C)C3(C)C(=O)C(OC(C)=O)C(=C1C)C2(C)C)[C@@H](NC(=O)c1ccccc1)c1ccccc1. The van der Waals surface area contributed by atoms with E-state index in [4.69, 9.17) is 28.4 Å². The Labute approximate surface area is 377 Å². The number of hydrogen-bond donors (Lipinski definition) is 1. The average molecular weight is 893 g/mol. The molecule has 3 fully saturated rings. The Hall–Kier alpha value is -6.22. The Morgan fingerprint density at radius 3 is 2.06 bits per heavy atom. The highest BCUT2D eigenvalue weighted by Crippen LogP contribution is 2.65. The number of hydrogen-bond acceptors (Lipinski definition) is 14. The number of nitroso groups, excluding NO2 is 1. The maximum atomic E-state index is 15.6. The molecule has 0 radical (unpaired) electrons. The lowest BCUT2D eigenvalue weighted by Gasteiger charge is -2.64. The van der Waals surface area contributed by atoms with Crippen molar-refractivity contribution >= 4 is 35.8 Å². The number of nitrogens with one attached hydrogen (secondary N) is 1. The van der Waals surface area contributed by atoms with Crippen molar-refractivity contribution in [2.24, 2.45) is 33.8 Å². The molecule has 65 heavy (non-hydrogen) atoms. The first-order valence-corrected chi connectivity index (χ1v) is 22.1. The molecule has 7 rings (SSSR count). The van der Waals surface area contributed by atoms with E-state index in [1.807, 2.05) is 6.92 Å². The van der Waals surface area contributed by atoms with Crippen molar-refractivity contribution < 1.29 is 57.2 Å². The Morgan fingerprint density at radius 2 is 1.49 bits per heavy atom. The molecule has 1 heterocycles. The second kappa shape index (κ2) is 18.7. The van der Waals surface area contributed by atoms with Crippen molar-refractivity contribution in [3.05, 3.63) is 124 Å². The van der Waals surface area contributed by atoms with Crippen LogP contribution in [0.5, 0.6) is 0 Å². The zero-order valence-corrected chi connectivity index (χ0v) is 37.6. The molecule has 3 aromatic carbocycles. The third kappa shape index (κ3) is 8.46. The van der Waals surface area contributed by atoms with E-state index < -0.39 is 94.4 Å². The summed E-state index contributed by atoms with van der Waals surface area (Å²) in [6, 6.07) is 23.5. The largest absolute Gasteiger partial charge is 0.509 e. The third-order valence-electron chi connectivity index (χ3n) is 14.3. The highest BCUT2D eigenvalue weighted by molar-refractivity contribution is 5.96. The number of carbonyl (C=O) groups excluding carboxylic acids is 6. The van der Waals surface area contributed by atoms with Gasteiger partial charge >= 0.3 is 24.1 Å². The molecule has 1 N–H and O–H groups in total. The summed E-state index contributed by atoms with van der Waals surface area (Å²) in [6.07, 6.45) is -7.33. The maximum Gasteiger partial charge on any atom is 0.509 e. The van der Waals surface area contributed by atoms with Crippen LogP contribution in [0, 0.1) is 33.5 Å². The Bertz CT molecular complexity index is 2340. The summed E-state index contributed by atoms with van der Waals surface area (Å²) < 4.78 is 36.1. The van der Waals surface area contributed by atoms with Gasteiger partial charge in [0.1, 0.15) is 18.2 Å². The predicted octanol–water partition coefficient (Wildman–Crippen LogP) is 7.67. The summed E-state index contributed by atoms with van der Waals surface area (Å²) in [4.78, 5) is 99.5. The van der Waals surface area contributed by atoms with Gasteiger partial charge in [0.05, 0.1) is 24.9 Å². The van der Waals surface area contributed by atoms with Crippen LogP contribution in [-0.2, 0) is 42.8 Å². The minimum absolute atomic E-state index is 0.0380. The average Bonchev–Trinajstić information content (AvgIpc) is 3.29. The van der Waals surface area contributed by atoms with Crippen molar-refractivity contribution in [1.29, 1.82) is 0 Å². The molecule has 4 aliphatic rings. The van der Waals surface area contributed by atoms with Crippen LogP contribution in [-0.4, -0.2) is 85.0 Å². The number of fused-ring (bicyclic) bond motifs is 5. The number of carbonyl (C=O) groups is 6. The molecule has 0 aromatic heterocycles. The molecule has 1 saturated heterocycles. The normalized spacial score (nSPS) is 29.6. The smallest absolute Gasteiger partial charge is 0.456 e. The molecule has 11 atom stereocenters. The van der Waals surface area contributed by atoms with Gasteiger partial charge in [-0.25, -0.2) is 14.4 Å². The predicted molar refractivity (Wildman–Crippen MR) is 234 cm³/mol. The fraction of sp³-hybridized carbons (Fsp3) is 0.480. The first kappa shape index (κ1) is 46.8. The first-order valence-electron chi connectivity index (χ1n) is 22.1. The summed E-state index contributed by atoms with van der Waals surface area (Å²) in [6.45, 7) is 11.7. The Balaban J connectivity index is 1.40. The van der Waals surface area contributed by atoms with Crippen molar-refractivity contribution in [1.82, 2.24) is 5.32 Å². The molecule has 2 saturated carbocycles. The van der Waals surface area contributed by atoms with E-state index >= 15 is 9.59 Å². The highest BCUT2D eigenvalue weighted by atomic mass is 16.7.